The Morgan fingerprint density at radius 3 is 2.74 bits per heavy atom. The number of aliphatic hydroxyl groups excluding tert-OH is 1. The van der Waals surface area contributed by atoms with E-state index in [4.69, 9.17) is 15.6 Å². The molecule has 3 aromatic rings. The van der Waals surface area contributed by atoms with Gasteiger partial charge in [-0.05, 0) is 29.3 Å². The lowest BCUT2D eigenvalue weighted by molar-refractivity contribution is -0.157. The number of nitrogens with one attached hydrogen (secondary N) is 1. The van der Waals surface area contributed by atoms with Crippen molar-refractivity contribution in [1.29, 1.82) is 0 Å². The Bertz CT molecular complexity index is 1380. The molecule has 2 aliphatic heterocycles. The molecule has 0 aliphatic carbocycles. The number of hydrazine groups is 1. The van der Waals surface area contributed by atoms with Crippen LogP contribution in [0, 0.1) is 0 Å². The number of carbonyl (C=O) groups is 3. The fourth-order valence-corrected chi connectivity index (χ4v) is 5.98. The third-order valence-electron chi connectivity index (χ3n) is 7.05. The van der Waals surface area contributed by atoms with Gasteiger partial charge >= 0.3 is 6.03 Å². The minimum Gasteiger partial charge on any atom is -0.491 e. The molecule has 0 spiro atoms. The molecule has 2 fully saturated rings. The summed E-state index contributed by atoms with van der Waals surface area (Å²) >= 11 is 1.39. The predicted molar refractivity (Wildman–Crippen MR) is 146 cm³/mol. The summed E-state index contributed by atoms with van der Waals surface area (Å²) in [6.45, 7) is 0.602. The third kappa shape index (κ3) is 5.20. The standard InChI is InChI=1S/C26H31N7O5S/c1-28-26(37)30(2)32-15-22(35)33-19(12-16-6-8-18(9-7-16)38-11-10-34)24(36)31(14-21(32)33)13-17-4-3-5-20-23(17)29-25(27)39-20/h3-9,19,21,34H,10-15H2,1-2H3,(H2,27,29)(H,28,37)/t19-,21+/m0/s1. The van der Waals surface area contributed by atoms with E-state index >= 15 is 0 Å². The number of para-hydroxylation sites is 1. The van der Waals surface area contributed by atoms with E-state index in [0.717, 1.165) is 21.3 Å². The number of nitrogens with zero attached hydrogens (tertiary/aromatic N) is 5. The molecule has 2 aliphatic rings. The number of ether oxygens (including phenoxy) is 1. The monoisotopic (exact) mass is 553 g/mol. The van der Waals surface area contributed by atoms with Crippen molar-refractivity contribution in [1.82, 2.24) is 30.1 Å². The van der Waals surface area contributed by atoms with E-state index in [9.17, 15) is 14.4 Å². The summed E-state index contributed by atoms with van der Waals surface area (Å²) in [5, 5.41) is 15.1. The highest BCUT2D eigenvalue weighted by atomic mass is 32.1. The first-order valence-corrected chi connectivity index (χ1v) is 13.4. The number of nitrogens with two attached hydrogens (primary N) is 1. The Morgan fingerprint density at radius 2 is 2.03 bits per heavy atom. The number of urea groups is 1. The van der Waals surface area contributed by atoms with Gasteiger partial charge in [0.2, 0.25) is 11.8 Å². The highest BCUT2D eigenvalue weighted by molar-refractivity contribution is 7.22. The van der Waals surface area contributed by atoms with Crippen LogP contribution < -0.4 is 15.8 Å². The lowest BCUT2D eigenvalue weighted by atomic mass is 9.99. The number of amides is 4. The molecule has 0 unspecified atom stereocenters. The molecule has 0 saturated carbocycles. The summed E-state index contributed by atoms with van der Waals surface area (Å²) < 4.78 is 6.39. The number of hydrogen-bond acceptors (Lipinski definition) is 9. The zero-order chi connectivity index (χ0) is 27.7. The minimum atomic E-state index is -0.761. The van der Waals surface area contributed by atoms with Gasteiger partial charge in [0.25, 0.3) is 0 Å². The van der Waals surface area contributed by atoms with Gasteiger partial charge in [-0.15, -0.1) is 0 Å². The van der Waals surface area contributed by atoms with E-state index in [2.05, 4.69) is 10.3 Å². The second-order valence-corrected chi connectivity index (χ2v) is 10.5. The first kappa shape index (κ1) is 26.7. The Kier molecular flexibility index (Phi) is 7.55. The van der Waals surface area contributed by atoms with Gasteiger partial charge in [0.1, 0.15) is 24.6 Å². The molecule has 0 radical (unpaired) electrons. The van der Waals surface area contributed by atoms with Crippen molar-refractivity contribution in [2.24, 2.45) is 0 Å². The lowest BCUT2D eigenvalue weighted by Gasteiger charge is -2.45. The van der Waals surface area contributed by atoms with Gasteiger partial charge in [-0.1, -0.05) is 35.6 Å². The number of anilines is 1. The van der Waals surface area contributed by atoms with E-state index in [1.807, 2.05) is 30.3 Å². The Balaban J connectivity index is 1.46. The second kappa shape index (κ2) is 11.0. The summed E-state index contributed by atoms with van der Waals surface area (Å²) in [6.07, 6.45) is -0.224. The van der Waals surface area contributed by atoms with Crippen LogP contribution >= 0.6 is 11.3 Å². The molecule has 1 aromatic heterocycles. The second-order valence-electron chi connectivity index (χ2n) is 9.43. The van der Waals surface area contributed by atoms with Crippen molar-refractivity contribution >= 4 is 44.5 Å². The number of thiazole rings is 1. The van der Waals surface area contributed by atoms with Gasteiger partial charge in [-0.25, -0.2) is 9.78 Å². The molecule has 5 rings (SSSR count). The molecule has 2 saturated heterocycles. The fraction of sp³-hybridized carbons (Fsp3) is 0.385. The molecule has 2 atom stereocenters. The molecule has 206 valence electrons. The summed E-state index contributed by atoms with van der Waals surface area (Å²) in [5.74, 6) is 0.212. The molecule has 13 heteroatoms. The molecule has 0 bridgehead atoms. The van der Waals surface area contributed by atoms with Crippen LogP contribution in [-0.4, -0.2) is 100 Å². The number of hydrogen-bond donors (Lipinski definition) is 3. The van der Waals surface area contributed by atoms with Crippen molar-refractivity contribution in [3.63, 3.8) is 0 Å². The van der Waals surface area contributed by atoms with Gasteiger partial charge in [-0.2, -0.15) is 5.01 Å². The van der Waals surface area contributed by atoms with E-state index in [1.165, 1.54) is 23.4 Å². The first-order valence-electron chi connectivity index (χ1n) is 12.6. The lowest BCUT2D eigenvalue weighted by Crippen LogP contribution is -2.65. The van der Waals surface area contributed by atoms with Crippen molar-refractivity contribution in [2.45, 2.75) is 25.2 Å². The van der Waals surface area contributed by atoms with E-state index < -0.39 is 12.2 Å². The van der Waals surface area contributed by atoms with Crippen LogP contribution in [0.4, 0.5) is 9.93 Å². The SMILES string of the molecule is CNC(=O)N(C)N1CC(=O)N2[C@@H](Cc3ccc(OCCO)cc3)C(=O)N(Cc3cccc4sc(N)nc34)C[C@@H]21. The zero-order valence-electron chi connectivity index (χ0n) is 21.7. The fourth-order valence-electron chi connectivity index (χ4n) is 5.19. The largest absolute Gasteiger partial charge is 0.491 e. The average molecular weight is 554 g/mol. The molecule has 3 heterocycles. The zero-order valence-corrected chi connectivity index (χ0v) is 22.6. The highest BCUT2D eigenvalue weighted by Crippen LogP contribution is 2.32. The predicted octanol–water partition coefficient (Wildman–Crippen LogP) is 0.860. The molecular weight excluding hydrogens is 522 g/mol. The van der Waals surface area contributed by atoms with Crippen LogP contribution in [0.25, 0.3) is 10.2 Å². The highest BCUT2D eigenvalue weighted by Gasteiger charge is 2.51. The van der Waals surface area contributed by atoms with E-state index in [1.54, 1.807) is 34.0 Å². The number of benzene rings is 2. The van der Waals surface area contributed by atoms with Crippen LogP contribution in [0.15, 0.2) is 42.5 Å². The van der Waals surface area contributed by atoms with Crippen molar-refractivity contribution in [2.75, 3.05) is 46.1 Å². The van der Waals surface area contributed by atoms with Gasteiger partial charge < -0.3 is 30.7 Å². The maximum absolute atomic E-state index is 14.0. The van der Waals surface area contributed by atoms with Crippen molar-refractivity contribution in [3.8, 4) is 5.75 Å². The number of rotatable bonds is 8. The van der Waals surface area contributed by atoms with Crippen LogP contribution in [0.1, 0.15) is 11.1 Å². The van der Waals surface area contributed by atoms with Crippen LogP contribution in [0.3, 0.4) is 0 Å². The smallest absolute Gasteiger partial charge is 0.331 e. The molecule has 4 N–H and O–H groups in total. The number of aliphatic hydroxyl groups is 1. The maximum Gasteiger partial charge on any atom is 0.331 e. The Hall–Kier alpha value is -3.94. The average Bonchev–Trinajstić information content (AvgIpc) is 3.48. The molecule has 4 amide bonds. The number of carbonyl (C=O) groups excluding carboxylic acids is 3. The Labute approximate surface area is 229 Å². The summed E-state index contributed by atoms with van der Waals surface area (Å²) in [6, 6.07) is 11.9. The van der Waals surface area contributed by atoms with Crippen LogP contribution in [0.2, 0.25) is 0 Å². The van der Waals surface area contributed by atoms with Crippen molar-refractivity contribution in [3.05, 3.63) is 53.6 Å². The summed E-state index contributed by atoms with van der Waals surface area (Å²) in [4.78, 5) is 47.5. The minimum absolute atomic E-state index is 0.0155. The molecule has 2 aromatic carbocycles. The summed E-state index contributed by atoms with van der Waals surface area (Å²) in [7, 11) is 3.14. The van der Waals surface area contributed by atoms with E-state index in [-0.39, 0.29) is 44.1 Å². The third-order valence-corrected chi connectivity index (χ3v) is 7.90. The molecule has 39 heavy (non-hydrogen) atoms. The number of piperazine rings is 1. The van der Waals surface area contributed by atoms with Gasteiger partial charge in [0.15, 0.2) is 5.13 Å². The quantitative estimate of drug-likeness (QED) is 0.373. The van der Waals surface area contributed by atoms with Gasteiger partial charge in [-0.3, -0.25) is 14.6 Å². The number of nitrogen functional groups attached to an aromatic ring is 1. The molecule has 12 nitrogen and oxygen atoms in total. The van der Waals surface area contributed by atoms with Crippen molar-refractivity contribution < 1.29 is 24.2 Å². The topological polar surface area (TPSA) is 145 Å². The molecular formula is C26H31N7O5S. The number of fused-ring (bicyclic) bond motifs is 2. The maximum atomic E-state index is 14.0. The number of aromatic nitrogens is 1. The van der Waals surface area contributed by atoms with Crippen LogP contribution in [-0.2, 0) is 22.6 Å². The van der Waals surface area contributed by atoms with Gasteiger partial charge in [0, 0.05) is 27.1 Å². The normalized spacial score (nSPS) is 19.5. The van der Waals surface area contributed by atoms with Gasteiger partial charge in [0.05, 0.1) is 29.9 Å². The Morgan fingerprint density at radius 1 is 1.26 bits per heavy atom. The van der Waals surface area contributed by atoms with E-state index in [0.29, 0.717) is 23.8 Å². The van der Waals surface area contributed by atoms with Crippen LogP contribution in [0.5, 0.6) is 5.75 Å². The first-order chi connectivity index (χ1) is 18.8. The summed E-state index contributed by atoms with van der Waals surface area (Å²) in [5.41, 5.74) is 8.43.